The largest absolute Gasteiger partial charge is 0.494 e. The normalized spacial score (nSPS) is 12.6. The van der Waals surface area contributed by atoms with Gasteiger partial charge >= 0.3 is 0 Å². The summed E-state index contributed by atoms with van der Waals surface area (Å²) in [5.41, 5.74) is 1.17. The second-order valence-electron chi connectivity index (χ2n) is 5.38. The molecule has 0 aromatic heterocycles. The van der Waals surface area contributed by atoms with Crippen LogP contribution < -0.4 is 10.1 Å². The van der Waals surface area contributed by atoms with Gasteiger partial charge in [0.1, 0.15) is 5.75 Å². The minimum absolute atomic E-state index is 0.0122. The van der Waals surface area contributed by atoms with E-state index in [0.717, 1.165) is 5.75 Å². The Hall–Kier alpha value is -1.55. The second kappa shape index (κ2) is 7.90. The van der Waals surface area contributed by atoms with E-state index in [4.69, 9.17) is 4.74 Å². The first-order valence-corrected chi connectivity index (χ1v) is 7.12. The molecule has 0 bridgehead atoms. The summed E-state index contributed by atoms with van der Waals surface area (Å²) in [6, 6.07) is 8.21. The summed E-state index contributed by atoms with van der Waals surface area (Å²) in [4.78, 5) is 13.8. The highest BCUT2D eigenvalue weighted by molar-refractivity contribution is 5.77. The maximum atomic E-state index is 11.7. The van der Waals surface area contributed by atoms with Gasteiger partial charge in [-0.2, -0.15) is 0 Å². The lowest BCUT2D eigenvalue weighted by atomic mass is 10.1. The zero-order chi connectivity index (χ0) is 15.1. The van der Waals surface area contributed by atoms with Gasteiger partial charge in [-0.3, -0.25) is 4.79 Å². The summed E-state index contributed by atoms with van der Waals surface area (Å²) in [7, 11) is 4.03. The van der Waals surface area contributed by atoms with E-state index in [1.165, 1.54) is 5.56 Å². The minimum atomic E-state index is 0.0122. The van der Waals surface area contributed by atoms with E-state index < -0.39 is 0 Å². The average molecular weight is 278 g/mol. The minimum Gasteiger partial charge on any atom is -0.494 e. The number of benzene rings is 1. The number of likely N-dealkylation sites (N-methyl/N-ethyl adjacent to an activating group) is 1. The van der Waals surface area contributed by atoms with Gasteiger partial charge in [0.15, 0.2) is 0 Å². The van der Waals surface area contributed by atoms with Crippen molar-refractivity contribution in [2.45, 2.75) is 26.8 Å². The summed E-state index contributed by atoms with van der Waals surface area (Å²) in [5.74, 6) is 0.973. The fraction of sp³-hybridized carbons (Fsp3) is 0.562. The lowest BCUT2D eigenvalue weighted by molar-refractivity contribution is -0.124. The molecule has 0 heterocycles. The van der Waals surface area contributed by atoms with Crippen LogP contribution in [0.25, 0.3) is 0 Å². The SMILES string of the molecule is CCOc1ccc(C(CNC(=O)C(C)C)N(C)C)cc1. The van der Waals surface area contributed by atoms with Crippen molar-refractivity contribution < 1.29 is 9.53 Å². The molecule has 1 atom stereocenters. The van der Waals surface area contributed by atoms with Gasteiger partial charge in [0.25, 0.3) is 0 Å². The van der Waals surface area contributed by atoms with E-state index in [2.05, 4.69) is 22.3 Å². The van der Waals surface area contributed by atoms with Crippen LogP contribution in [0.5, 0.6) is 5.75 Å². The van der Waals surface area contributed by atoms with E-state index in [9.17, 15) is 4.79 Å². The van der Waals surface area contributed by atoms with Crippen molar-refractivity contribution in [1.29, 1.82) is 0 Å². The predicted molar refractivity (Wildman–Crippen MR) is 81.9 cm³/mol. The first-order chi connectivity index (χ1) is 9.45. The third-order valence-corrected chi connectivity index (χ3v) is 3.19. The highest BCUT2D eigenvalue weighted by atomic mass is 16.5. The van der Waals surface area contributed by atoms with E-state index in [-0.39, 0.29) is 17.9 Å². The van der Waals surface area contributed by atoms with E-state index in [1.54, 1.807) is 0 Å². The second-order valence-corrected chi connectivity index (χ2v) is 5.38. The molecule has 4 heteroatoms. The molecule has 112 valence electrons. The van der Waals surface area contributed by atoms with E-state index >= 15 is 0 Å². The average Bonchev–Trinajstić information content (AvgIpc) is 2.40. The molecule has 1 unspecified atom stereocenters. The monoisotopic (exact) mass is 278 g/mol. The van der Waals surface area contributed by atoms with Crippen molar-refractivity contribution in [2.75, 3.05) is 27.2 Å². The van der Waals surface area contributed by atoms with Gasteiger partial charge in [-0.05, 0) is 38.7 Å². The number of nitrogens with zero attached hydrogens (tertiary/aromatic N) is 1. The molecule has 4 nitrogen and oxygen atoms in total. The molecule has 1 N–H and O–H groups in total. The number of carbonyl (C=O) groups is 1. The van der Waals surface area contributed by atoms with Crippen molar-refractivity contribution in [1.82, 2.24) is 10.2 Å². The molecule has 0 aliphatic rings. The number of hydrogen-bond acceptors (Lipinski definition) is 3. The van der Waals surface area contributed by atoms with Crippen LogP contribution in [0.3, 0.4) is 0 Å². The molecule has 1 rings (SSSR count). The predicted octanol–water partition coefficient (Wildman–Crippen LogP) is 2.46. The number of rotatable bonds is 7. The van der Waals surface area contributed by atoms with E-state index in [0.29, 0.717) is 13.2 Å². The molecule has 0 spiro atoms. The summed E-state index contributed by atoms with van der Waals surface area (Å²) in [6.45, 7) is 7.05. The molecule has 1 amide bonds. The van der Waals surface area contributed by atoms with Crippen LogP contribution >= 0.6 is 0 Å². The molecule has 0 fully saturated rings. The standard InChI is InChI=1S/C16H26N2O2/c1-6-20-14-9-7-13(8-10-14)15(18(4)5)11-17-16(19)12(2)3/h7-10,12,15H,6,11H2,1-5H3,(H,17,19). The Labute approximate surface area is 122 Å². The van der Waals surface area contributed by atoms with Crippen LogP contribution in [0, 0.1) is 5.92 Å². The lowest BCUT2D eigenvalue weighted by Gasteiger charge is -2.25. The van der Waals surface area contributed by atoms with Crippen molar-refractivity contribution >= 4 is 5.91 Å². The molecule has 0 radical (unpaired) electrons. The van der Waals surface area contributed by atoms with Crippen LogP contribution in [-0.4, -0.2) is 38.1 Å². The number of hydrogen-bond donors (Lipinski definition) is 1. The Morgan fingerprint density at radius 3 is 2.30 bits per heavy atom. The van der Waals surface area contributed by atoms with E-state index in [1.807, 2.05) is 47.0 Å². The van der Waals surface area contributed by atoms with Crippen molar-refractivity contribution in [3.05, 3.63) is 29.8 Å². The Kier molecular flexibility index (Phi) is 6.52. The molecular weight excluding hydrogens is 252 g/mol. The van der Waals surface area contributed by atoms with Crippen LogP contribution in [0.15, 0.2) is 24.3 Å². The third-order valence-electron chi connectivity index (χ3n) is 3.19. The molecule has 1 aromatic carbocycles. The van der Waals surface area contributed by atoms with Gasteiger partial charge in [0, 0.05) is 12.5 Å². The van der Waals surface area contributed by atoms with Crippen molar-refractivity contribution in [3.8, 4) is 5.75 Å². The van der Waals surface area contributed by atoms with Crippen molar-refractivity contribution in [3.63, 3.8) is 0 Å². The number of nitrogens with one attached hydrogen (secondary N) is 1. The summed E-state index contributed by atoms with van der Waals surface area (Å²) in [5, 5.41) is 2.99. The zero-order valence-electron chi connectivity index (χ0n) is 13.1. The quantitative estimate of drug-likeness (QED) is 0.833. The maximum absolute atomic E-state index is 11.7. The smallest absolute Gasteiger partial charge is 0.222 e. The molecule has 0 aliphatic heterocycles. The van der Waals surface area contributed by atoms with Crippen LogP contribution in [0.4, 0.5) is 0 Å². The van der Waals surface area contributed by atoms with Gasteiger partial charge < -0.3 is 15.0 Å². The summed E-state index contributed by atoms with van der Waals surface area (Å²) >= 11 is 0. The van der Waals surface area contributed by atoms with Crippen molar-refractivity contribution in [2.24, 2.45) is 5.92 Å². The Bertz CT molecular complexity index is 413. The first-order valence-electron chi connectivity index (χ1n) is 7.12. The fourth-order valence-electron chi connectivity index (χ4n) is 1.95. The molecule has 1 aromatic rings. The number of amides is 1. The zero-order valence-corrected chi connectivity index (χ0v) is 13.1. The maximum Gasteiger partial charge on any atom is 0.222 e. The highest BCUT2D eigenvalue weighted by Crippen LogP contribution is 2.21. The van der Waals surface area contributed by atoms with Crippen LogP contribution in [0.2, 0.25) is 0 Å². The lowest BCUT2D eigenvalue weighted by Crippen LogP contribution is -2.36. The van der Waals surface area contributed by atoms with Crippen LogP contribution in [0.1, 0.15) is 32.4 Å². The molecular formula is C16H26N2O2. The molecule has 0 saturated carbocycles. The van der Waals surface area contributed by atoms with Gasteiger partial charge in [-0.1, -0.05) is 26.0 Å². The summed E-state index contributed by atoms with van der Waals surface area (Å²) in [6.07, 6.45) is 0. The topological polar surface area (TPSA) is 41.6 Å². The van der Waals surface area contributed by atoms with Gasteiger partial charge in [0.05, 0.1) is 12.6 Å². The molecule has 20 heavy (non-hydrogen) atoms. The number of ether oxygens (including phenoxy) is 1. The Balaban J connectivity index is 2.72. The van der Waals surface area contributed by atoms with Gasteiger partial charge in [-0.15, -0.1) is 0 Å². The Morgan fingerprint density at radius 1 is 1.25 bits per heavy atom. The fourth-order valence-corrected chi connectivity index (χ4v) is 1.95. The first kappa shape index (κ1) is 16.5. The molecule has 0 aliphatic carbocycles. The molecule has 0 saturated heterocycles. The van der Waals surface area contributed by atoms with Gasteiger partial charge in [0.2, 0.25) is 5.91 Å². The van der Waals surface area contributed by atoms with Crippen LogP contribution in [-0.2, 0) is 4.79 Å². The summed E-state index contributed by atoms with van der Waals surface area (Å²) < 4.78 is 5.45. The third kappa shape index (κ3) is 4.85. The highest BCUT2D eigenvalue weighted by Gasteiger charge is 2.16. The Morgan fingerprint density at radius 2 is 1.85 bits per heavy atom. The number of carbonyl (C=O) groups excluding carboxylic acids is 1. The van der Waals surface area contributed by atoms with Gasteiger partial charge in [-0.25, -0.2) is 0 Å².